The maximum absolute atomic E-state index is 11.7. The van der Waals surface area contributed by atoms with E-state index in [1.165, 1.54) is 0 Å². The lowest BCUT2D eigenvalue weighted by molar-refractivity contribution is -0.127. The summed E-state index contributed by atoms with van der Waals surface area (Å²) in [5, 5.41) is 5.33. The smallest absolute Gasteiger partial charge is 0.241 e. The predicted molar refractivity (Wildman–Crippen MR) is 74.8 cm³/mol. The fourth-order valence-corrected chi connectivity index (χ4v) is 1.60. The van der Waals surface area contributed by atoms with Crippen LogP contribution in [0, 0.1) is 0 Å². The van der Waals surface area contributed by atoms with E-state index >= 15 is 0 Å². The fourth-order valence-electron chi connectivity index (χ4n) is 1.60. The topological polar surface area (TPSA) is 84.2 Å². The van der Waals surface area contributed by atoms with Crippen LogP contribution < -0.4 is 16.4 Å². The SMILES string of the molecule is Cl.NC(C(=O)NCC(=O)NC1CC1)c1ccccc1. The van der Waals surface area contributed by atoms with Gasteiger partial charge >= 0.3 is 0 Å². The van der Waals surface area contributed by atoms with E-state index in [0.717, 1.165) is 18.4 Å². The monoisotopic (exact) mass is 283 g/mol. The number of nitrogens with one attached hydrogen (secondary N) is 2. The second-order valence-electron chi connectivity index (χ2n) is 4.45. The lowest BCUT2D eigenvalue weighted by Gasteiger charge is -2.12. The highest BCUT2D eigenvalue weighted by atomic mass is 35.5. The van der Waals surface area contributed by atoms with Crippen molar-refractivity contribution < 1.29 is 9.59 Å². The van der Waals surface area contributed by atoms with Crippen LogP contribution in [0.1, 0.15) is 24.4 Å². The Morgan fingerprint density at radius 3 is 2.47 bits per heavy atom. The van der Waals surface area contributed by atoms with Gasteiger partial charge in [-0.2, -0.15) is 0 Å². The second kappa shape index (κ2) is 7.11. The Bertz CT molecular complexity index is 435. The number of carbonyl (C=O) groups excluding carboxylic acids is 2. The molecule has 0 bridgehead atoms. The Morgan fingerprint density at radius 1 is 1.26 bits per heavy atom. The van der Waals surface area contributed by atoms with Crippen LogP contribution in [0.3, 0.4) is 0 Å². The summed E-state index contributed by atoms with van der Waals surface area (Å²) in [6.45, 7) is -0.0180. The summed E-state index contributed by atoms with van der Waals surface area (Å²) < 4.78 is 0. The van der Waals surface area contributed by atoms with Gasteiger partial charge in [-0.1, -0.05) is 30.3 Å². The minimum Gasteiger partial charge on any atom is -0.352 e. The minimum atomic E-state index is -0.736. The zero-order valence-electron chi connectivity index (χ0n) is 10.5. The molecule has 4 N–H and O–H groups in total. The molecule has 2 amide bonds. The van der Waals surface area contributed by atoms with E-state index < -0.39 is 6.04 Å². The van der Waals surface area contributed by atoms with Crippen molar-refractivity contribution in [1.82, 2.24) is 10.6 Å². The molecule has 0 aliphatic heterocycles. The molecule has 1 unspecified atom stereocenters. The van der Waals surface area contributed by atoms with Crippen molar-refractivity contribution >= 4 is 24.2 Å². The lowest BCUT2D eigenvalue weighted by atomic mass is 10.1. The molecule has 1 aliphatic carbocycles. The molecule has 1 fully saturated rings. The second-order valence-corrected chi connectivity index (χ2v) is 4.45. The van der Waals surface area contributed by atoms with Crippen LogP contribution in [0.2, 0.25) is 0 Å². The number of nitrogens with two attached hydrogens (primary N) is 1. The lowest BCUT2D eigenvalue weighted by Crippen LogP contribution is -2.41. The highest BCUT2D eigenvalue weighted by Gasteiger charge is 2.23. The Balaban J connectivity index is 0.00000180. The van der Waals surface area contributed by atoms with Gasteiger partial charge in [0.1, 0.15) is 6.04 Å². The van der Waals surface area contributed by atoms with Crippen LogP contribution in [0.25, 0.3) is 0 Å². The van der Waals surface area contributed by atoms with Crippen molar-refractivity contribution in [2.45, 2.75) is 24.9 Å². The van der Waals surface area contributed by atoms with Crippen LogP contribution >= 0.6 is 12.4 Å². The van der Waals surface area contributed by atoms with E-state index in [1.807, 2.05) is 18.2 Å². The van der Waals surface area contributed by atoms with Gasteiger partial charge in [-0.3, -0.25) is 9.59 Å². The van der Waals surface area contributed by atoms with E-state index in [4.69, 9.17) is 5.73 Å². The summed E-state index contributed by atoms with van der Waals surface area (Å²) in [5.41, 5.74) is 6.53. The third kappa shape index (κ3) is 4.89. The molecule has 0 aromatic heterocycles. The molecule has 2 rings (SSSR count). The van der Waals surface area contributed by atoms with Crippen LogP contribution in [-0.4, -0.2) is 24.4 Å². The molecule has 6 heteroatoms. The number of hydrogen-bond donors (Lipinski definition) is 3. The van der Waals surface area contributed by atoms with Gasteiger partial charge in [0.25, 0.3) is 0 Å². The van der Waals surface area contributed by atoms with Crippen LogP contribution in [0.15, 0.2) is 30.3 Å². The van der Waals surface area contributed by atoms with Crippen molar-refractivity contribution in [1.29, 1.82) is 0 Å². The first-order chi connectivity index (χ1) is 8.66. The quantitative estimate of drug-likeness (QED) is 0.736. The zero-order chi connectivity index (χ0) is 13.0. The van der Waals surface area contributed by atoms with Crippen LogP contribution in [-0.2, 0) is 9.59 Å². The molecule has 0 saturated heterocycles. The Hall–Kier alpha value is -1.59. The molecule has 104 valence electrons. The molecular formula is C13H18ClN3O2. The number of rotatable bonds is 5. The maximum atomic E-state index is 11.7. The van der Waals surface area contributed by atoms with Gasteiger partial charge in [0.05, 0.1) is 6.54 Å². The minimum absolute atomic E-state index is 0. The first-order valence-corrected chi connectivity index (χ1v) is 6.04. The van der Waals surface area contributed by atoms with E-state index in [-0.39, 0.29) is 30.8 Å². The number of hydrogen-bond acceptors (Lipinski definition) is 3. The molecule has 1 aliphatic rings. The fraction of sp³-hybridized carbons (Fsp3) is 0.385. The first kappa shape index (κ1) is 15.5. The Morgan fingerprint density at radius 2 is 1.89 bits per heavy atom. The maximum Gasteiger partial charge on any atom is 0.241 e. The highest BCUT2D eigenvalue weighted by molar-refractivity contribution is 5.88. The van der Waals surface area contributed by atoms with Gasteiger partial charge in [0.2, 0.25) is 11.8 Å². The first-order valence-electron chi connectivity index (χ1n) is 6.04. The van der Waals surface area contributed by atoms with Gasteiger partial charge in [-0.15, -0.1) is 12.4 Å². The third-order valence-electron chi connectivity index (χ3n) is 2.81. The van der Waals surface area contributed by atoms with Gasteiger partial charge in [-0.25, -0.2) is 0 Å². The van der Waals surface area contributed by atoms with Crippen molar-refractivity contribution in [3.8, 4) is 0 Å². The molecule has 19 heavy (non-hydrogen) atoms. The molecule has 0 spiro atoms. The van der Waals surface area contributed by atoms with E-state index in [0.29, 0.717) is 6.04 Å². The standard InChI is InChI=1S/C13H17N3O2.ClH/c14-12(9-4-2-1-3-5-9)13(18)15-8-11(17)16-10-6-7-10;/h1-5,10,12H,6-8,14H2,(H,15,18)(H,16,17);1H. The summed E-state index contributed by atoms with van der Waals surface area (Å²) in [6, 6.07) is 8.64. The van der Waals surface area contributed by atoms with Crippen molar-refractivity contribution in [2.24, 2.45) is 5.73 Å². The number of halogens is 1. The molecule has 1 atom stereocenters. The normalized spacial score (nSPS) is 15.0. The summed E-state index contributed by atoms with van der Waals surface area (Å²) in [5.74, 6) is -0.502. The number of benzene rings is 1. The van der Waals surface area contributed by atoms with Gasteiger partial charge in [0, 0.05) is 6.04 Å². The van der Waals surface area contributed by atoms with Crippen molar-refractivity contribution in [3.05, 3.63) is 35.9 Å². The van der Waals surface area contributed by atoms with Gasteiger partial charge in [0.15, 0.2) is 0 Å². The van der Waals surface area contributed by atoms with Gasteiger partial charge < -0.3 is 16.4 Å². The Kier molecular flexibility index (Phi) is 5.79. The number of carbonyl (C=O) groups is 2. The molecule has 5 nitrogen and oxygen atoms in total. The average molecular weight is 284 g/mol. The number of amides is 2. The largest absolute Gasteiger partial charge is 0.352 e. The summed E-state index contributed by atoms with van der Waals surface area (Å²) >= 11 is 0. The molecular weight excluding hydrogens is 266 g/mol. The van der Waals surface area contributed by atoms with Crippen LogP contribution in [0.5, 0.6) is 0 Å². The summed E-state index contributed by atoms with van der Waals surface area (Å²) in [7, 11) is 0. The predicted octanol–water partition coefficient (Wildman–Crippen LogP) is 0.503. The third-order valence-corrected chi connectivity index (χ3v) is 2.81. The molecule has 1 aromatic carbocycles. The van der Waals surface area contributed by atoms with E-state index in [9.17, 15) is 9.59 Å². The summed E-state index contributed by atoms with van der Waals surface area (Å²) in [4.78, 5) is 23.1. The molecule has 0 heterocycles. The van der Waals surface area contributed by atoms with E-state index in [2.05, 4.69) is 10.6 Å². The van der Waals surface area contributed by atoms with Crippen molar-refractivity contribution in [2.75, 3.05) is 6.54 Å². The zero-order valence-corrected chi connectivity index (χ0v) is 11.3. The highest BCUT2D eigenvalue weighted by Crippen LogP contribution is 2.18. The van der Waals surface area contributed by atoms with Crippen molar-refractivity contribution in [3.63, 3.8) is 0 Å². The van der Waals surface area contributed by atoms with Crippen LogP contribution in [0.4, 0.5) is 0 Å². The van der Waals surface area contributed by atoms with E-state index in [1.54, 1.807) is 12.1 Å². The Labute approximate surface area is 118 Å². The molecule has 0 radical (unpaired) electrons. The molecule has 1 aromatic rings. The average Bonchev–Trinajstić information content (AvgIpc) is 3.20. The molecule has 1 saturated carbocycles. The summed E-state index contributed by atoms with van der Waals surface area (Å²) in [6.07, 6.45) is 2.06. The van der Waals surface area contributed by atoms with Gasteiger partial charge in [-0.05, 0) is 18.4 Å².